The van der Waals surface area contributed by atoms with Gasteiger partial charge in [-0.15, -0.1) is 0 Å². The summed E-state index contributed by atoms with van der Waals surface area (Å²) in [6.45, 7) is 4.23. The summed E-state index contributed by atoms with van der Waals surface area (Å²) in [6, 6.07) is -0.374. The molecule has 1 aliphatic heterocycles. The number of hydrogen-bond donors (Lipinski definition) is 1. The van der Waals surface area contributed by atoms with E-state index in [-0.39, 0.29) is 29.0 Å². The van der Waals surface area contributed by atoms with Gasteiger partial charge in [0.1, 0.15) is 0 Å². The molecule has 2 atom stereocenters. The molecule has 4 saturated carbocycles. The Morgan fingerprint density at radius 3 is 2.11 bits per heavy atom. The Hall–Kier alpha value is -1.11. The van der Waals surface area contributed by atoms with Gasteiger partial charge in [-0.25, -0.2) is 8.42 Å². The smallest absolute Gasteiger partial charge is 0.312 e. The SMILES string of the molecule is CCN(C(=O)C(=O)NC(C)C12CC3CC(CC(C3)C1)C2)C1CCS(=O)(=O)C1. The van der Waals surface area contributed by atoms with E-state index in [9.17, 15) is 18.0 Å². The van der Waals surface area contributed by atoms with Crippen molar-refractivity contribution in [3.8, 4) is 0 Å². The topological polar surface area (TPSA) is 83.6 Å². The molecule has 0 aromatic rings. The van der Waals surface area contributed by atoms with Crippen LogP contribution < -0.4 is 5.32 Å². The second-order valence-electron chi connectivity index (χ2n) is 9.62. The monoisotopic (exact) mass is 396 g/mol. The predicted octanol–water partition coefficient (Wildman–Crippen LogP) is 1.74. The zero-order valence-corrected chi connectivity index (χ0v) is 17.3. The summed E-state index contributed by atoms with van der Waals surface area (Å²) in [7, 11) is -3.09. The fourth-order valence-electron chi connectivity index (χ4n) is 6.84. The van der Waals surface area contributed by atoms with Crippen LogP contribution in [-0.4, -0.2) is 55.3 Å². The van der Waals surface area contributed by atoms with E-state index in [0.29, 0.717) is 13.0 Å². The molecule has 7 heteroatoms. The van der Waals surface area contributed by atoms with Crippen molar-refractivity contribution >= 4 is 21.7 Å². The van der Waals surface area contributed by atoms with Gasteiger partial charge in [0, 0.05) is 18.6 Å². The molecule has 0 radical (unpaired) electrons. The maximum atomic E-state index is 12.8. The van der Waals surface area contributed by atoms with Gasteiger partial charge in [0.15, 0.2) is 9.84 Å². The minimum absolute atomic E-state index is 0.00614. The summed E-state index contributed by atoms with van der Waals surface area (Å²) < 4.78 is 23.5. The zero-order chi connectivity index (χ0) is 19.4. The fourth-order valence-corrected chi connectivity index (χ4v) is 8.57. The van der Waals surface area contributed by atoms with E-state index in [1.54, 1.807) is 6.92 Å². The van der Waals surface area contributed by atoms with Gasteiger partial charge in [-0.1, -0.05) is 0 Å². The summed E-state index contributed by atoms with van der Waals surface area (Å²) in [6.07, 6.45) is 7.99. The number of carbonyl (C=O) groups is 2. The van der Waals surface area contributed by atoms with Crippen molar-refractivity contribution in [3.05, 3.63) is 0 Å². The molecule has 1 heterocycles. The highest BCUT2D eigenvalue weighted by molar-refractivity contribution is 7.91. The lowest BCUT2D eigenvalue weighted by Crippen LogP contribution is -2.58. The molecule has 5 aliphatic rings. The molecular formula is C20H32N2O4S. The van der Waals surface area contributed by atoms with Crippen LogP contribution in [0.2, 0.25) is 0 Å². The van der Waals surface area contributed by atoms with Crippen LogP contribution in [-0.2, 0) is 19.4 Å². The Morgan fingerprint density at radius 2 is 1.67 bits per heavy atom. The molecule has 27 heavy (non-hydrogen) atoms. The first kappa shape index (κ1) is 19.2. The summed E-state index contributed by atoms with van der Waals surface area (Å²) in [5.41, 5.74) is 0.151. The summed E-state index contributed by atoms with van der Waals surface area (Å²) in [5, 5.41) is 3.02. The molecule has 4 aliphatic carbocycles. The van der Waals surface area contributed by atoms with Gasteiger partial charge in [-0.3, -0.25) is 9.59 Å². The molecule has 4 bridgehead atoms. The second-order valence-corrected chi connectivity index (χ2v) is 11.9. The normalized spacial score (nSPS) is 39.9. The van der Waals surface area contributed by atoms with Crippen LogP contribution in [0.1, 0.15) is 58.8 Å². The van der Waals surface area contributed by atoms with E-state index in [1.165, 1.54) is 43.4 Å². The second kappa shape index (κ2) is 6.75. The molecule has 0 spiro atoms. The van der Waals surface area contributed by atoms with Crippen molar-refractivity contribution in [2.45, 2.75) is 70.9 Å². The molecule has 2 amide bonds. The van der Waals surface area contributed by atoms with Gasteiger partial charge in [-0.05, 0) is 82.0 Å². The number of nitrogens with one attached hydrogen (secondary N) is 1. The van der Waals surface area contributed by atoms with Crippen LogP contribution in [0.4, 0.5) is 0 Å². The Bertz CT molecular complexity index is 697. The minimum atomic E-state index is -3.09. The largest absolute Gasteiger partial charge is 0.345 e. The first-order valence-electron chi connectivity index (χ1n) is 10.5. The van der Waals surface area contributed by atoms with E-state index >= 15 is 0 Å². The van der Waals surface area contributed by atoms with Gasteiger partial charge < -0.3 is 10.2 Å². The lowest BCUT2D eigenvalue weighted by atomic mass is 9.48. The Kier molecular flexibility index (Phi) is 4.80. The number of rotatable bonds is 4. The maximum Gasteiger partial charge on any atom is 0.312 e. The van der Waals surface area contributed by atoms with Crippen molar-refractivity contribution in [1.82, 2.24) is 10.2 Å². The van der Waals surface area contributed by atoms with Crippen molar-refractivity contribution in [2.24, 2.45) is 23.2 Å². The molecule has 6 nitrogen and oxygen atoms in total. The minimum Gasteiger partial charge on any atom is -0.345 e. The van der Waals surface area contributed by atoms with Crippen LogP contribution in [0.3, 0.4) is 0 Å². The average Bonchev–Trinajstić information content (AvgIpc) is 2.93. The van der Waals surface area contributed by atoms with Gasteiger partial charge in [-0.2, -0.15) is 0 Å². The van der Waals surface area contributed by atoms with Gasteiger partial charge in [0.2, 0.25) is 0 Å². The molecule has 5 fully saturated rings. The molecule has 5 rings (SSSR count). The van der Waals surface area contributed by atoms with E-state index in [0.717, 1.165) is 17.8 Å². The van der Waals surface area contributed by atoms with Crippen LogP contribution in [0.25, 0.3) is 0 Å². The van der Waals surface area contributed by atoms with E-state index in [1.807, 2.05) is 0 Å². The van der Waals surface area contributed by atoms with Crippen molar-refractivity contribution in [1.29, 1.82) is 0 Å². The summed E-state index contributed by atoms with van der Waals surface area (Å²) in [5.74, 6) is 1.32. The maximum absolute atomic E-state index is 12.8. The number of sulfone groups is 1. The highest BCUT2D eigenvalue weighted by atomic mass is 32.2. The third-order valence-electron chi connectivity index (χ3n) is 7.80. The first-order valence-corrected chi connectivity index (χ1v) is 12.4. The first-order chi connectivity index (χ1) is 12.7. The number of likely N-dealkylation sites (N-methyl/N-ethyl adjacent to an activating group) is 1. The number of amides is 2. The molecule has 2 unspecified atom stereocenters. The third-order valence-corrected chi connectivity index (χ3v) is 9.55. The predicted molar refractivity (Wildman–Crippen MR) is 103 cm³/mol. The molecule has 1 N–H and O–H groups in total. The number of nitrogens with zero attached hydrogens (tertiary/aromatic N) is 1. The molecule has 0 aromatic carbocycles. The van der Waals surface area contributed by atoms with Crippen molar-refractivity contribution in [3.63, 3.8) is 0 Å². The van der Waals surface area contributed by atoms with E-state index in [2.05, 4.69) is 12.2 Å². The highest BCUT2D eigenvalue weighted by Gasteiger charge is 2.53. The van der Waals surface area contributed by atoms with Crippen LogP contribution >= 0.6 is 0 Å². The quantitative estimate of drug-likeness (QED) is 0.734. The molecule has 0 aromatic heterocycles. The lowest BCUT2D eigenvalue weighted by Gasteiger charge is -2.59. The molecular weight excluding hydrogens is 364 g/mol. The standard InChI is InChI=1S/C20H32N2O4S/c1-3-22(17-4-5-27(25,26)12-17)19(24)18(23)21-13(2)20-9-14-6-15(10-20)8-16(7-14)11-20/h13-17H,3-12H2,1-2H3,(H,21,23). The Balaban J connectivity index is 1.41. The number of carbonyl (C=O) groups excluding carboxylic acids is 2. The van der Waals surface area contributed by atoms with Gasteiger partial charge in [0.05, 0.1) is 11.5 Å². The lowest BCUT2D eigenvalue weighted by molar-refractivity contribution is -0.148. The summed E-state index contributed by atoms with van der Waals surface area (Å²) in [4.78, 5) is 26.9. The van der Waals surface area contributed by atoms with E-state index < -0.39 is 21.7 Å². The average molecular weight is 397 g/mol. The molecule has 1 saturated heterocycles. The molecule has 152 valence electrons. The zero-order valence-electron chi connectivity index (χ0n) is 16.4. The van der Waals surface area contributed by atoms with Crippen LogP contribution in [0.5, 0.6) is 0 Å². The number of hydrogen-bond acceptors (Lipinski definition) is 4. The van der Waals surface area contributed by atoms with E-state index in [4.69, 9.17) is 0 Å². The van der Waals surface area contributed by atoms with Crippen molar-refractivity contribution in [2.75, 3.05) is 18.1 Å². The Labute approximate surface area is 162 Å². The van der Waals surface area contributed by atoms with Crippen molar-refractivity contribution < 1.29 is 18.0 Å². The fraction of sp³-hybridized carbons (Fsp3) is 0.900. The third kappa shape index (κ3) is 3.52. The summed E-state index contributed by atoms with van der Waals surface area (Å²) >= 11 is 0. The van der Waals surface area contributed by atoms with Crippen LogP contribution in [0.15, 0.2) is 0 Å². The Morgan fingerprint density at radius 1 is 1.11 bits per heavy atom. The van der Waals surface area contributed by atoms with Gasteiger partial charge >= 0.3 is 11.8 Å². The van der Waals surface area contributed by atoms with Gasteiger partial charge in [0.25, 0.3) is 0 Å². The van der Waals surface area contributed by atoms with Crippen LogP contribution in [0, 0.1) is 23.2 Å². The highest BCUT2D eigenvalue weighted by Crippen LogP contribution is 2.61.